The summed E-state index contributed by atoms with van der Waals surface area (Å²) < 4.78 is 0. The number of para-hydroxylation sites is 1. The fourth-order valence-corrected chi connectivity index (χ4v) is 2.32. The van der Waals surface area contributed by atoms with Crippen LogP contribution in [0.25, 0.3) is 11.0 Å². The van der Waals surface area contributed by atoms with E-state index < -0.39 is 0 Å². The van der Waals surface area contributed by atoms with Crippen LogP contribution in [0.1, 0.15) is 37.0 Å². The van der Waals surface area contributed by atoms with E-state index in [4.69, 9.17) is 0 Å². The van der Waals surface area contributed by atoms with E-state index in [-0.39, 0.29) is 17.9 Å². The molecule has 1 aromatic carbocycles. The molecule has 0 aliphatic heterocycles. The molecule has 0 saturated carbocycles. The highest BCUT2D eigenvalue weighted by atomic mass is 16.3. The Hall–Kier alpha value is -2.01. The van der Waals surface area contributed by atoms with Crippen LogP contribution < -0.4 is 5.32 Å². The van der Waals surface area contributed by atoms with E-state index >= 15 is 0 Å². The monoisotopic (exact) mass is 287 g/mol. The maximum atomic E-state index is 12.4. The molecule has 2 N–H and O–H groups in total. The minimum absolute atomic E-state index is 0.0651. The lowest BCUT2D eigenvalue weighted by molar-refractivity contribution is 0.0852. The molecule has 21 heavy (non-hydrogen) atoms. The lowest BCUT2D eigenvalue weighted by atomic mass is 9.83. The second kappa shape index (κ2) is 6.63. The summed E-state index contributed by atoms with van der Waals surface area (Å²) in [5, 5.41) is 12.5. The highest BCUT2D eigenvalue weighted by molar-refractivity contribution is 6.04. The Morgan fingerprint density at radius 1 is 1.24 bits per heavy atom. The van der Waals surface area contributed by atoms with Gasteiger partial charge in [-0.1, -0.05) is 19.9 Å². The highest BCUT2D eigenvalue weighted by Crippen LogP contribution is 2.24. The van der Waals surface area contributed by atoms with Crippen LogP contribution in [0.2, 0.25) is 0 Å². The summed E-state index contributed by atoms with van der Waals surface area (Å²) in [6.07, 6.45) is 4.81. The Kier molecular flexibility index (Phi) is 4.85. The zero-order valence-electron chi connectivity index (χ0n) is 12.5. The number of nitrogens with one attached hydrogen (secondary N) is 1. The van der Waals surface area contributed by atoms with Gasteiger partial charge in [-0.05, 0) is 25.0 Å². The summed E-state index contributed by atoms with van der Waals surface area (Å²) in [5.41, 5.74) is 1.55. The number of hydrogen-bond acceptors (Lipinski definition) is 4. The number of aliphatic hydroxyl groups is 1. The number of aromatic nitrogens is 2. The summed E-state index contributed by atoms with van der Waals surface area (Å²) >= 11 is 0. The molecule has 1 aromatic heterocycles. The maximum Gasteiger partial charge on any atom is 0.253 e. The van der Waals surface area contributed by atoms with E-state index in [1.165, 1.54) is 0 Å². The number of nitrogens with zero attached hydrogens (tertiary/aromatic N) is 2. The number of hydrogen-bond donors (Lipinski definition) is 2. The van der Waals surface area contributed by atoms with Crippen LogP contribution in [0.3, 0.4) is 0 Å². The van der Waals surface area contributed by atoms with Crippen molar-refractivity contribution in [2.75, 3.05) is 13.2 Å². The van der Waals surface area contributed by atoms with Crippen LogP contribution >= 0.6 is 0 Å². The molecule has 112 valence electrons. The SMILES string of the molecule is CCC(CC)(CO)CNC(=O)c1cccc2nccnc12. The van der Waals surface area contributed by atoms with Gasteiger partial charge in [-0.3, -0.25) is 14.8 Å². The Bertz CT molecular complexity index is 610. The first kappa shape index (κ1) is 15.4. The quantitative estimate of drug-likeness (QED) is 0.853. The molecule has 1 amide bonds. The summed E-state index contributed by atoms with van der Waals surface area (Å²) in [4.78, 5) is 20.8. The summed E-state index contributed by atoms with van der Waals surface area (Å²) in [6.45, 7) is 4.56. The lowest BCUT2D eigenvalue weighted by Gasteiger charge is -2.29. The second-order valence-corrected chi connectivity index (χ2v) is 5.28. The van der Waals surface area contributed by atoms with Gasteiger partial charge in [0.15, 0.2) is 0 Å². The first-order valence-electron chi connectivity index (χ1n) is 7.24. The highest BCUT2D eigenvalue weighted by Gasteiger charge is 2.26. The van der Waals surface area contributed by atoms with Crippen LogP contribution in [0.4, 0.5) is 0 Å². The molecular formula is C16H21N3O2. The molecule has 0 aliphatic rings. The van der Waals surface area contributed by atoms with E-state index in [9.17, 15) is 9.90 Å². The Morgan fingerprint density at radius 2 is 1.95 bits per heavy atom. The van der Waals surface area contributed by atoms with Crippen molar-refractivity contribution in [1.82, 2.24) is 15.3 Å². The number of amides is 1. The van der Waals surface area contributed by atoms with Gasteiger partial charge in [0.2, 0.25) is 0 Å². The van der Waals surface area contributed by atoms with Gasteiger partial charge >= 0.3 is 0 Å². The minimum atomic E-state index is -0.258. The van der Waals surface area contributed by atoms with Crippen LogP contribution in [-0.4, -0.2) is 34.1 Å². The average molecular weight is 287 g/mol. The molecule has 0 fully saturated rings. The zero-order valence-corrected chi connectivity index (χ0v) is 12.5. The van der Waals surface area contributed by atoms with Crippen LogP contribution in [0.5, 0.6) is 0 Å². The van der Waals surface area contributed by atoms with Gasteiger partial charge < -0.3 is 10.4 Å². The third-order valence-corrected chi connectivity index (χ3v) is 4.20. The van der Waals surface area contributed by atoms with Crippen molar-refractivity contribution in [2.24, 2.45) is 5.41 Å². The normalized spacial score (nSPS) is 11.6. The van der Waals surface area contributed by atoms with E-state index in [0.29, 0.717) is 23.1 Å². The molecule has 0 bridgehead atoms. The molecular weight excluding hydrogens is 266 g/mol. The third-order valence-electron chi connectivity index (χ3n) is 4.20. The fourth-order valence-electron chi connectivity index (χ4n) is 2.32. The van der Waals surface area contributed by atoms with Crippen molar-refractivity contribution in [3.8, 4) is 0 Å². The number of carbonyl (C=O) groups excluding carboxylic acids is 1. The first-order valence-corrected chi connectivity index (χ1v) is 7.24. The molecule has 1 heterocycles. The van der Waals surface area contributed by atoms with Gasteiger partial charge in [0, 0.05) is 24.4 Å². The molecule has 0 atom stereocenters. The molecule has 2 rings (SSSR count). The van der Waals surface area contributed by atoms with Gasteiger partial charge in [0.05, 0.1) is 17.7 Å². The summed E-state index contributed by atoms with van der Waals surface area (Å²) in [7, 11) is 0. The first-order chi connectivity index (χ1) is 10.2. The van der Waals surface area contributed by atoms with Crippen LogP contribution in [-0.2, 0) is 0 Å². The van der Waals surface area contributed by atoms with Crippen LogP contribution in [0.15, 0.2) is 30.6 Å². The molecule has 5 heteroatoms. The summed E-state index contributed by atoms with van der Waals surface area (Å²) in [6, 6.07) is 5.37. The van der Waals surface area contributed by atoms with E-state index in [2.05, 4.69) is 15.3 Å². The fraction of sp³-hybridized carbons (Fsp3) is 0.438. The minimum Gasteiger partial charge on any atom is -0.396 e. The predicted molar refractivity (Wildman–Crippen MR) is 82.0 cm³/mol. The van der Waals surface area contributed by atoms with Gasteiger partial charge in [-0.25, -0.2) is 0 Å². The molecule has 5 nitrogen and oxygen atoms in total. The molecule has 0 saturated heterocycles. The number of aliphatic hydroxyl groups excluding tert-OH is 1. The lowest BCUT2D eigenvalue weighted by Crippen LogP contribution is -2.39. The third kappa shape index (κ3) is 3.19. The molecule has 2 aromatic rings. The number of benzene rings is 1. The Morgan fingerprint density at radius 3 is 2.62 bits per heavy atom. The standard InChI is InChI=1S/C16H21N3O2/c1-3-16(4-2,11-20)10-19-15(21)12-6-5-7-13-14(12)18-9-8-17-13/h5-9,20H,3-4,10-11H2,1-2H3,(H,19,21). The number of rotatable bonds is 6. The predicted octanol–water partition coefficient (Wildman–Crippen LogP) is 2.16. The van der Waals surface area contributed by atoms with E-state index in [0.717, 1.165) is 12.8 Å². The van der Waals surface area contributed by atoms with Crippen molar-refractivity contribution >= 4 is 16.9 Å². The molecule has 0 aliphatic carbocycles. The molecule has 0 spiro atoms. The average Bonchev–Trinajstić information content (AvgIpc) is 2.56. The molecule has 0 unspecified atom stereocenters. The smallest absolute Gasteiger partial charge is 0.253 e. The zero-order chi connectivity index (χ0) is 15.3. The van der Waals surface area contributed by atoms with Crippen molar-refractivity contribution in [1.29, 1.82) is 0 Å². The largest absolute Gasteiger partial charge is 0.396 e. The van der Waals surface area contributed by atoms with E-state index in [1.807, 2.05) is 19.9 Å². The van der Waals surface area contributed by atoms with Crippen molar-refractivity contribution in [3.63, 3.8) is 0 Å². The Balaban J connectivity index is 2.20. The topological polar surface area (TPSA) is 75.1 Å². The maximum absolute atomic E-state index is 12.4. The van der Waals surface area contributed by atoms with Gasteiger partial charge in [0.25, 0.3) is 5.91 Å². The number of fused-ring (bicyclic) bond motifs is 1. The van der Waals surface area contributed by atoms with Crippen molar-refractivity contribution in [2.45, 2.75) is 26.7 Å². The van der Waals surface area contributed by atoms with E-state index in [1.54, 1.807) is 24.5 Å². The summed E-state index contributed by atoms with van der Waals surface area (Å²) in [5.74, 6) is -0.180. The van der Waals surface area contributed by atoms with Gasteiger partial charge in [-0.15, -0.1) is 0 Å². The van der Waals surface area contributed by atoms with Crippen molar-refractivity contribution < 1.29 is 9.90 Å². The second-order valence-electron chi connectivity index (χ2n) is 5.28. The van der Waals surface area contributed by atoms with Gasteiger partial charge in [-0.2, -0.15) is 0 Å². The molecule has 0 radical (unpaired) electrons. The Labute approximate surface area is 124 Å². The van der Waals surface area contributed by atoms with Crippen molar-refractivity contribution in [3.05, 3.63) is 36.2 Å². The number of carbonyl (C=O) groups is 1. The van der Waals surface area contributed by atoms with Crippen LogP contribution in [0, 0.1) is 5.41 Å². The van der Waals surface area contributed by atoms with Gasteiger partial charge in [0.1, 0.15) is 5.52 Å².